The predicted molar refractivity (Wildman–Crippen MR) is 106 cm³/mol. The molecule has 3 nitrogen and oxygen atoms in total. The highest BCUT2D eigenvalue weighted by molar-refractivity contribution is 7.08. The lowest BCUT2D eigenvalue weighted by atomic mass is 10.00. The minimum Gasteiger partial charge on any atom is -0.495 e. The van der Waals surface area contributed by atoms with Crippen LogP contribution in [0.5, 0.6) is 5.75 Å². The van der Waals surface area contributed by atoms with E-state index in [1.165, 1.54) is 22.0 Å². The van der Waals surface area contributed by atoms with Crippen molar-refractivity contribution in [2.24, 2.45) is 7.05 Å². The van der Waals surface area contributed by atoms with E-state index in [1.807, 2.05) is 18.2 Å². The van der Waals surface area contributed by atoms with Crippen molar-refractivity contribution in [3.05, 3.63) is 82.7 Å². The van der Waals surface area contributed by atoms with E-state index in [0.29, 0.717) is 0 Å². The maximum absolute atomic E-state index is 5.53. The van der Waals surface area contributed by atoms with Gasteiger partial charge in [-0.3, -0.25) is 0 Å². The minimum absolute atomic E-state index is 0.0636. The first-order chi connectivity index (χ1) is 12.3. The molecule has 0 saturated carbocycles. The van der Waals surface area contributed by atoms with Gasteiger partial charge in [-0.1, -0.05) is 30.3 Å². The lowest BCUT2D eigenvalue weighted by Gasteiger charge is -2.20. The number of para-hydroxylation sites is 3. The van der Waals surface area contributed by atoms with Crippen LogP contribution in [-0.4, -0.2) is 11.7 Å². The third-order valence-corrected chi connectivity index (χ3v) is 5.22. The van der Waals surface area contributed by atoms with Gasteiger partial charge in [0.05, 0.1) is 18.8 Å². The Balaban J connectivity index is 1.84. The summed E-state index contributed by atoms with van der Waals surface area (Å²) in [5.41, 5.74) is 4.75. The van der Waals surface area contributed by atoms with Crippen LogP contribution >= 0.6 is 11.3 Å². The van der Waals surface area contributed by atoms with E-state index in [4.69, 9.17) is 4.74 Å². The average molecular weight is 348 g/mol. The Morgan fingerprint density at radius 3 is 2.64 bits per heavy atom. The molecule has 2 aromatic carbocycles. The number of benzene rings is 2. The fraction of sp³-hybridized carbons (Fsp3) is 0.143. The summed E-state index contributed by atoms with van der Waals surface area (Å²) in [6.07, 6.45) is 2.22. The van der Waals surface area contributed by atoms with Crippen molar-refractivity contribution in [3.8, 4) is 5.75 Å². The van der Waals surface area contributed by atoms with Crippen LogP contribution in [0.4, 0.5) is 5.69 Å². The molecule has 0 fully saturated rings. The topological polar surface area (TPSA) is 26.2 Å². The average Bonchev–Trinajstić information content (AvgIpc) is 3.29. The highest BCUT2D eigenvalue weighted by atomic mass is 32.1. The SMILES string of the molecule is COc1ccccc1NC(c1ccsc1)c1cn(C)c2ccccc12. The van der Waals surface area contributed by atoms with Crippen molar-refractivity contribution in [1.82, 2.24) is 4.57 Å². The normalized spacial score (nSPS) is 12.2. The van der Waals surface area contributed by atoms with Gasteiger partial charge in [0, 0.05) is 29.7 Å². The van der Waals surface area contributed by atoms with Gasteiger partial charge >= 0.3 is 0 Å². The number of nitrogens with zero attached hydrogens (tertiary/aromatic N) is 1. The van der Waals surface area contributed by atoms with E-state index < -0.39 is 0 Å². The van der Waals surface area contributed by atoms with Crippen LogP contribution in [0.25, 0.3) is 10.9 Å². The first-order valence-electron chi connectivity index (χ1n) is 8.23. The first kappa shape index (κ1) is 15.8. The quantitative estimate of drug-likeness (QED) is 0.519. The number of hydrogen-bond donors (Lipinski definition) is 1. The molecule has 0 spiro atoms. The molecule has 4 rings (SSSR count). The van der Waals surface area contributed by atoms with E-state index in [2.05, 4.69) is 70.3 Å². The number of aryl methyl sites for hydroxylation is 1. The van der Waals surface area contributed by atoms with Crippen LogP contribution in [0.1, 0.15) is 17.2 Å². The van der Waals surface area contributed by atoms with Gasteiger partial charge in [0.15, 0.2) is 0 Å². The minimum atomic E-state index is 0.0636. The summed E-state index contributed by atoms with van der Waals surface area (Å²) in [6.45, 7) is 0. The van der Waals surface area contributed by atoms with Crippen molar-refractivity contribution in [2.45, 2.75) is 6.04 Å². The zero-order valence-electron chi connectivity index (χ0n) is 14.3. The monoisotopic (exact) mass is 348 g/mol. The number of methoxy groups -OCH3 is 1. The summed E-state index contributed by atoms with van der Waals surface area (Å²) in [4.78, 5) is 0. The van der Waals surface area contributed by atoms with Crippen molar-refractivity contribution >= 4 is 27.9 Å². The number of thiophene rings is 1. The molecular formula is C21H20N2OS. The van der Waals surface area contributed by atoms with E-state index in [-0.39, 0.29) is 6.04 Å². The van der Waals surface area contributed by atoms with E-state index in [9.17, 15) is 0 Å². The number of fused-ring (bicyclic) bond motifs is 1. The molecule has 1 unspecified atom stereocenters. The Bertz CT molecular complexity index is 988. The Morgan fingerprint density at radius 1 is 1.04 bits per heavy atom. The highest BCUT2D eigenvalue weighted by Gasteiger charge is 2.20. The molecule has 0 aliphatic heterocycles. The molecule has 0 radical (unpaired) electrons. The molecule has 1 atom stereocenters. The summed E-state index contributed by atoms with van der Waals surface area (Å²) in [5.74, 6) is 0.850. The Hall–Kier alpha value is -2.72. The van der Waals surface area contributed by atoms with Gasteiger partial charge in [0.25, 0.3) is 0 Å². The molecule has 2 aromatic heterocycles. The Morgan fingerprint density at radius 2 is 1.84 bits per heavy atom. The number of ether oxygens (including phenoxy) is 1. The zero-order valence-corrected chi connectivity index (χ0v) is 15.1. The zero-order chi connectivity index (χ0) is 17.2. The summed E-state index contributed by atoms with van der Waals surface area (Å²) < 4.78 is 7.72. The number of hydrogen-bond acceptors (Lipinski definition) is 3. The second-order valence-corrected chi connectivity index (χ2v) is 6.83. The molecule has 1 N–H and O–H groups in total. The van der Waals surface area contributed by atoms with Gasteiger partial charge in [0.2, 0.25) is 0 Å². The van der Waals surface area contributed by atoms with Crippen LogP contribution in [0.15, 0.2) is 71.6 Å². The molecule has 4 heteroatoms. The largest absolute Gasteiger partial charge is 0.495 e. The molecule has 0 aliphatic rings. The van der Waals surface area contributed by atoms with Crippen LogP contribution < -0.4 is 10.1 Å². The number of aromatic nitrogens is 1. The molecule has 126 valence electrons. The fourth-order valence-electron chi connectivity index (χ4n) is 3.30. The lowest BCUT2D eigenvalue weighted by Crippen LogP contribution is -2.12. The molecule has 0 bridgehead atoms. The number of rotatable bonds is 5. The number of nitrogens with one attached hydrogen (secondary N) is 1. The molecule has 2 heterocycles. The fourth-order valence-corrected chi connectivity index (χ4v) is 3.99. The second-order valence-electron chi connectivity index (χ2n) is 6.05. The predicted octanol–water partition coefficient (Wildman–Crippen LogP) is 5.45. The summed E-state index contributed by atoms with van der Waals surface area (Å²) in [6, 6.07) is 18.8. The lowest BCUT2D eigenvalue weighted by molar-refractivity contribution is 0.416. The highest BCUT2D eigenvalue weighted by Crippen LogP contribution is 2.36. The van der Waals surface area contributed by atoms with Crippen LogP contribution in [0.2, 0.25) is 0 Å². The third kappa shape index (κ3) is 2.89. The molecule has 0 amide bonds. The van der Waals surface area contributed by atoms with E-state index in [1.54, 1.807) is 18.4 Å². The van der Waals surface area contributed by atoms with Crippen LogP contribution in [-0.2, 0) is 7.05 Å². The smallest absolute Gasteiger partial charge is 0.141 e. The number of anilines is 1. The van der Waals surface area contributed by atoms with Gasteiger partial charge in [0.1, 0.15) is 5.75 Å². The summed E-state index contributed by atoms with van der Waals surface area (Å²) in [7, 11) is 3.80. The second kappa shape index (κ2) is 6.65. The molecule has 0 aliphatic carbocycles. The maximum Gasteiger partial charge on any atom is 0.141 e. The van der Waals surface area contributed by atoms with Crippen molar-refractivity contribution in [3.63, 3.8) is 0 Å². The summed E-state index contributed by atoms with van der Waals surface area (Å²) in [5, 5.41) is 9.28. The van der Waals surface area contributed by atoms with Crippen molar-refractivity contribution in [1.29, 1.82) is 0 Å². The third-order valence-electron chi connectivity index (χ3n) is 4.52. The van der Waals surface area contributed by atoms with Gasteiger partial charge in [-0.25, -0.2) is 0 Å². The standard InChI is InChI=1S/C21H20N2OS/c1-23-13-17(16-7-3-5-9-19(16)23)21(15-11-12-25-14-15)22-18-8-4-6-10-20(18)24-2/h3-14,21-22H,1-2H3. The van der Waals surface area contributed by atoms with E-state index in [0.717, 1.165) is 11.4 Å². The van der Waals surface area contributed by atoms with Gasteiger partial charge in [-0.05, 0) is 40.6 Å². The molecule has 25 heavy (non-hydrogen) atoms. The van der Waals surface area contributed by atoms with Crippen LogP contribution in [0.3, 0.4) is 0 Å². The Kier molecular flexibility index (Phi) is 4.20. The summed E-state index contributed by atoms with van der Waals surface area (Å²) >= 11 is 1.72. The van der Waals surface area contributed by atoms with Crippen molar-refractivity contribution in [2.75, 3.05) is 12.4 Å². The molecular weight excluding hydrogens is 328 g/mol. The van der Waals surface area contributed by atoms with Gasteiger partial charge < -0.3 is 14.6 Å². The van der Waals surface area contributed by atoms with Gasteiger partial charge in [-0.2, -0.15) is 11.3 Å². The molecule has 4 aromatic rings. The maximum atomic E-state index is 5.53. The Labute approximate surface area is 151 Å². The van der Waals surface area contributed by atoms with Crippen LogP contribution in [0, 0.1) is 0 Å². The van der Waals surface area contributed by atoms with E-state index >= 15 is 0 Å². The first-order valence-corrected chi connectivity index (χ1v) is 9.18. The van der Waals surface area contributed by atoms with Gasteiger partial charge in [-0.15, -0.1) is 0 Å². The molecule has 0 saturated heterocycles. The van der Waals surface area contributed by atoms with Crippen molar-refractivity contribution < 1.29 is 4.74 Å².